The molecule has 1 aromatic rings. The van der Waals surface area contributed by atoms with Crippen LogP contribution in [0, 0.1) is 12.3 Å². The van der Waals surface area contributed by atoms with Gasteiger partial charge in [-0.25, -0.2) is 13.1 Å². The van der Waals surface area contributed by atoms with Crippen molar-refractivity contribution in [1.29, 1.82) is 0 Å². The summed E-state index contributed by atoms with van der Waals surface area (Å²) >= 11 is 0. The maximum absolute atomic E-state index is 11.9. The van der Waals surface area contributed by atoms with Crippen LogP contribution in [0.5, 0.6) is 0 Å². The summed E-state index contributed by atoms with van der Waals surface area (Å²) in [5.41, 5.74) is 0.360. The van der Waals surface area contributed by atoms with Gasteiger partial charge in [0.2, 0.25) is 10.0 Å². The smallest absolute Gasteiger partial charge is 0.252 e. The van der Waals surface area contributed by atoms with Gasteiger partial charge in [0.05, 0.1) is 11.4 Å². The van der Waals surface area contributed by atoms with Crippen LogP contribution in [0.3, 0.4) is 0 Å². The van der Waals surface area contributed by atoms with Crippen molar-refractivity contribution in [2.45, 2.75) is 24.8 Å². The van der Waals surface area contributed by atoms with Crippen LogP contribution in [0.2, 0.25) is 0 Å². The number of sulfonamides is 1. The topological polar surface area (TPSA) is 75.3 Å². The zero-order valence-electron chi connectivity index (χ0n) is 10.8. The Bertz CT molecular complexity index is 583. The van der Waals surface area contributed by atoms with Crippen molar-refractivity contribution in [2.24, 2.45) is 0 Å². The minimum atomic E-state index is -3.53. The predicted molar refractivity (Wildman–Crippen MR) is 73.1 cm³/mol. The minimum Gasteiger partial charge on any atom is -0.341 e. The van der Waals surface area contributed by atoms with E-state index in [2.05, 4.69) is 16.0 Å². The van der Waals surface area contributed by atoms with Gasteiger partial charge < -0.3 is 5.32 Å². The largest absolute Gasteiger partial charge is 0.341 e. The quantitative estimate of drug-likeness (QED) is 0.781. The number of hydrogen-bond acceptors (Lipinski definition) is 3. The van der Waals surface area contributed by atoms with Gasteiger partial charge in [0.15, 0.2) is 0 Å². The van der Waals surface area contributed by atoms with Crippen molar-refractivity contribution in [2.75, 3.05) is 6.54 Å². The maximum Gasteiger partial charge on any atom is 0.252 e. The summed E-state index contributed by atoms with van der Waals surface area (Å²) in [6, 6.07) is 5.47. The van der Waals surface area contributed by atoms with E-state index in [0.717, 1.165) is 0 Å². The average molecular weight is 280 g/mol. The molecule has 0 heterocycles. The third-order valence-electron chi connectivity index (χ3n) is 2.17. The fourth-order valence-corrected chi connectivity index (χ4v) is 2.65. The molecule has 0 spiro atoms. The zero-order valence-corrected chi connectivity index (χ0v) is 11.6. The summed E-state index contributed by atoms with van der Waals surface area (Å²) in [6.07, 6.45) is 5.03. The molecule has 0 radical (unpaired) electrons. The third kappa shape index (κ3) is 4.39. The van der Waals surface area contributed by atoms with E-state index in [1.165, 1.54) is 24.3 Å². The van der Waals surface area contributed by atoms with Gasteiger partial charge in [-0.1, -0.05) is 5.92 Å². The van der Waals surface area contributed by atoms with Crippen molar-refractivity contribution < 1.29 is 13.2 Å². The first kappa shape index (κ1) is 15.2. The standard InChI is InChI=1S/C13H16N2O3S/c1-4-9-14-13(16)11-5-7-12(8-6-11)19(17,18)15-10(2)3/h1,5-8,10,15H,9H2,2-3H3,(H,14,16). The SMILES string of the molecule is C#CCNC(=O)c1ccc(S(=O)(=O)NC(C)C)cc1. The van der Waals surface area contributed by atoms with Gasteiger partial charge in [-0.15, -0.1) is 6.42 Å². The lowest BCUT2D eigenvalue weighted by Gasteiger charge is -2.09. The van der Waals surface area contributed by atoms with Crippen LogP contribution in [0.4, 0.5) is 0 Å². The van der Waals surface area contributed by atoms with Crippen LogP contribution in [0.15, 0.2) is 29.2 Å². The molecule has 102 valence electrons. The van der Waals surface area contributed by atoms with Gasteiger partial charge in [0.25, 0.3) is 5.91 Å². The molecule has 0 atom stereocenters. The Morgan fingerprint density at radius 1 is 1.32 bits per heavy atom. The van der Waals surface area contributed by atoms with Gasteiger partial charge in [0, 0.05) is 11.6 Å². The Balaban J connectivity index is 2.88. The predicted octanol–water partition coefficient (Wildman–Crippen LogP) is 0.736. The molecular weight excluding hydrogens is 264 g/mol. The summed E-state index contributed by atoms with van der Waals surface area (Å²) in [6.45, 7) is 3.60. The van der Waals surface area contributed by atoms with Crippen LogP contribution in [0.25, 0.3) is 0 Å². The fraction of sp³-hybridized carbons (Fsp3) is 0.308. The van der Waals surface area contributed by atoms with Crippen LogP contribution in [-0.4, -0.2) is 26.9 Å². The Kier molecular flexibility index (Phi) is 5.10. The van der Waals surface area contributed by atoms with E-state index in [-0.39, 0.29) is 23.4 Å². The van der Waals surface area contributed by atoms with Crippen molar-refractivity contribution in [1.82, 2.24) is 10.0 Å². The Hall–Kier alpha value is -1.84. The molecule has 6 heteroatoms. The van der Waals surface area contributed by atoms with Crippen LogP contribution in [-0.2, 0) is 10.0 Å². The number of hydrogen-bond donors (Lipinski definition) is 2. The van der Waals surface area contributed by atoms with Gasteiger partial charge >= 0.3 is 0 Å². The zero-order chi connectivity index (χ0) is 14.5. The van der Waals surface area contributed by atoms with Gasteiger partial charge in [0.1, 0.15) is 0 Å². The summed E-state index contributed by atoms with van der Waals surface area (Å²) in [5.74, 6) is 1.95. The third-order valence-corrected chi connectivity index (χ3v) is 3.84. The van der Waals surface area contributed by atoms with Crippen molar-refractivity contribution in [3.63, 3.8) is 0 Å². The lowest BCUT2D eigenvalue weighted by atomic mass is 10.2. The highest BCUT2D eigenvalue weighted by atomic mass is 32.2. The molecular formula is C13H16N2O3S. The lowest BCUT2D eigenvalue weighted by Crippen LogP contribution is -2.30. The Morgan fingerprint density at radius 2 is 1.89 bits per heavy atom. The molecule has 0 aliphatic heterocycles. The average Bonchev–Trinajstić information content (AvgIpc) is 2.34. The van der Waals surface area contributed by atoms with E-state index < -0.39 is 10.0 Å². The summed E-state index contributed by atoms with van der Waals surface area (Å²) in [4.78, 5) is 11.7. The molecule has 1 amide bonds. The maximum atomic E-state index is 11.9. The lowest BCUT2D eigenvalue weighted by molar-refractivity contribution is 0.0958. The van der Waals surface area contributed by atoms with E-state index in [1.54, 1.807) is 13.8 Å². The molecule has 0 fully saturated rings. The van der Waals surface area contributed by atoms with E-state index in [1.807, 2.05) is 0 Å². The number of amides is 1. The number of rotatable bonds is 5. The number of benzene rings is 1. The van der Waals surface area contributed by atoms with E-state index >= 15 is 0 Å². The highest BCUT2D eigenvalue weighted by Crippen LogP contribution is 2.11. The van der Waals surface area contributed by atoms with Gasteiger partial charge in [-0.3, -0.25) is 4.79 Å². The molecule has 1 aromatic carbocycles. The molecule has 0 saturated heterocycles. The molecule has 0 aliphatic rings. The highest BCUT2D eigenvalue weighted by Gasteiger charge is 2.15. The number of terminal acetylenes is 1. The first-order chi connectivity index (χ1) is 8.86. The fourth-order valence-electron chi connectivity index (χ4n) is 1.40. The van der Waals surface area contributed by atoms with Crippen molar-refractivity contribution in [3.05, 3.63) is 29.8 Å². The molecule has 5 nitrogen and oxygen atoms in total. The number of nitrogens with one attached hydrogen (secondary N) is 2. The summed E-state index contributed by atoms with van der Waals surface area (Å²) in [5, 5.41) is 2.50. The molecule has 0 aliphatic carbocycles. The van der Waals surface area contributed by atoms with Crippen LogP contribution < -0.4 is 10.0 Å². The minimum absolute atomic E-state index is 0.120. The molecule has 19 heavy (non-hydrogen) atoms. The molecule has 0 saturated carbocycles. The molecule has 0 unspecified atom stereocenters. The molecule has 0 aromatic heterocycles. The summed E-state index contributed by atoms with van der Waals surface area (Å²) in [7, 11) is -3.53. The second kappa shape index (κ2) is 6.36. The first-order valence-electron chi connectivity index (χ1n) is 5.71. The highest BCUT2D eigenvalue weighted by molar-refractivity contribution is 7.89. The normalized spacial score (nSPS) is 11.1. The number of carbonyl (C=O) groups is 1. The van der Waals surface area contributed by atoms with Gasteiger partial charge in [-0.2, -0.15) is 0 Å². The first-order valence-corrected chi connectivity index (χ1v) is 7.19. The van der Waals surface area contributed by atoms with E-state index in [0.29, 0.717) is 5.56 Å². The molecule has 2 N–H and O–H groups in total. The Morgan fingerprint density at radius 3 is 2.37 bits per heavy atom. The van der Waals surface area contributed by atoms with E-state index in [4.69, 9.17) is 6.42 Å². The molecule has 0 bridgehead atoms. The second-order valence-corrected chi connectivity index (χ2v) is 5.90. The van der Waals surface area contributed by atoms with Crippen molar-refractivity contribution in [3.8, 4) is 12.3 Å². The molecule has 1 rings (SSSR count). The van der Waals surface area contributed by atoms with Crippen molar-refractivity contribution >= 4 is 15.9 Å². The van der Waals surface area contributed by atoms with E-state index in [9.17, 15) is 13.2 Å². The van der Waals surface area contributed by atoms with Crippen LogP contribution in [0.1, 0.15) is 24.2 Å². The van der Waals surface area contributed by atoms with Gasteiger partial charge in [-0.05, 0) is 38.1 Å². The number of carbonyl (C=O) groups excluding carboxylic acids is 1. The summed E-state index contributed by atoms with van der Waals surface area (Å²) < 4.78 is 26.2. The van der Waals surface area contributed by atoms with Crippen LogP contribution >= 0.6 is 0 Å². The Labute approximate surface area is 113 Å². The monoisotopic (exact) mass is 280 g/mol. The second-order valence-electron chi connectivity index (χ2n) is 4.19.